The fourth-order valence-corrected chi connectivity index (χ4v) is 9.90. The van der Waals surface area contributed by atoms with Crippen LogP contribution in [0.15, 0.2) is 48.1 Å². The minimum Gasteiger partial charge on any atom is -0.447 e. The predicted octanol–water partition coefficient (Wildman–Crippen LogP) is 6.03. The van der Waals surface area contributed by atoms with Crippen molar-refractivity contribution in [3.8, 4) is 0 Å². The zero-order valence-corrected chi connectivity index (χ0v) is 27.2. The number of carbonyl (C=O) groups is 4. The van der Waals surface area contributed by atoms with Crippen molar-refractivity contribution in [2.45, 2.75) is 76.7 Å². The van der Waals surface area contributed by atoms with Gasteiger partial charge in [0.05, 0.1) is 17.4 Å². The fourth-order valence-electron chi connectivity index (χ4n) is 8.78. The number of esters is 1. The minimum atomic E-state index is -4.60. The number of ketones is 2. The van der Waals surface area contributed by atoms with Gasteiger partial charge in [-0.05, 0) is 68.9 Å². The topological polar surface area (TPSA) is 107 Å². The number of allylic oxidation sites excluding steroid dienone is 4. The predicted molar refractivity (Wildman–Crippen MR) is 162 cm³/mol. The van der Waals surface area contributed by atoms with Gasteiger partial charge in [-0.15, -0.1) is 0 Å². The average Bonchev–Trinajstić information content (AvgIpc) is 3.22. The molecule has 0 aliphatic heterocycles. The Hall–Kier alpha value is -2.90. The van der Waals surface area contributed by atoms with E-state index >= 15 is 8.78 Å². The first kappa shape index (κ1) is 35.4. The number of hydrogen-bond donors (Lipinski definition) is 1. The summed E-state index contributed by atoms with van der Waals surface area (Å²) in [5.41, 5.74) is -8.57. The third kappa shape index (κ3) is 5.40. The molecule has 1 aromatic rings. The van der Waals surface area contributed by atoms with E-state index in [1.54, 1.807) is 20.8 Å². The number of rotatable bonds is 8. The highest BCUT2D eigenvalue weighted by molar-refractivity contribution is 8.14. The summed E-state index contributed by atoms with van der Waals surface area (Å²) in [5.74, 6) is -5.22. The summed E-state index contributed by atoms with van der Waals surface area (Å²) in [6.45, 7) is 6.00. The minimum absolute atomic E-state index is 0.0553. The summed E-state index contributed by atoms with van der Waals surface area (Å²) in [7, 11) is 0. The molecule has 4 aliphatic carbocycles. The van der Waals surface area contributed by atoms with Gasteiger partial charge < -0.3 is 14.6 Å². The first-order chi connectivity index (χ1) is 21.9. The molecule has 0 radical (unpaired) electrons. The molecule has 3 fully saturated rings. The Bertz CT molecular complexity index is 1530. The third-order valence-electron chi connectivity index (χ3n) is 11.0. The van der Waals surface area contributed by atoms with Gasteiger partial charge in [0.25, 0.3) is 0 Å². The average molecular weight is 685 g/mol. The van der Waals surface area contributed by atoms with E-state index in [-0.39, 0.29) is 37.0 Å². The Morgan fingerprint density at radius 1 is 1.09 bits per heavy atom. The van der Waals surface area contributed by atoms with Crippen LogP contribution in [0.25, 0.3) is 0 Å². The molecule has 0 saturated heterocycles. The molecule has 1 N–H and O–H groups in total. The van der Waals surface area contributed by atoms with E-state index in [9.17, 15) is 37.5 Å². The van der Waals surface area contributed by atoms with Gasteiger partial charge >= 0.3 is 12.1 Å². The molecule has 4 aliphatic rings. The van der Waals surface area contributed by atoms with Crippen molar-refractivity contribution in [3.05, 3.63) is 59.2 Å². The van der Waals surface area contributed by atoms with Crippen molar-refractivity contribution < 1.29 is 55.7 Å². The number of hydrogen-bond acceptors (Lipinski definition) is 8. The second-order valence-corrected chi connectivity index (χ2v) is 14.4. The quantitative estimate of drug-likeness (QED) is 0.201. The van der Waals surface area contributed by atoms with Gasteiger partial charge in [0, 0.05) is 34.8 Å². The lowest BCUT2D eigenvalue weighted by Crippen LogP contribution is -2.70. The first-order valence-electron chi connectivity index (χ1n) is 15.5. The molecule has 13 heteroatoms. The summed E-state index contributed by atoms with van der Waals surface area (Å²) in [6, 6.07) is 3.54. The molecule has 0 heterocycles. The largest absolute Gasteiger partial charge is 0.447 e. The molecule has 47 heavy (non-hydrogen) atoms. The second-order valence-electron chi connectivity index (χ2n) is 13.4. The zero-order chi connectivity index (χ0) is 34.7. The van der Waals surface area contributed by atoms with E-state index in [1.807, 2.05) is 0 Å². The molecule has 0 bridgehead atoms. The Morgan fingerprint density at radius 2 is 1.74 bits per heavy atom. The van der Waals surface area contributed by atoms with E-state index in [2.05, 4.69) is 0 Å². The van der Waals surface area contributed by atoms with Gasteiger partial charge in [-0.1, -0.05) is 43.8 Å². The standard InChI is InChI=1S/C34H37F5O7S/c1-5-45-16-28(43)46-33(29(44)47-17-26(41)19-6-8-20(9-7-19)34(37,38)39)18(2)12-22-23-14-25(35)24-13-21(40)10-11-30(24,3)32(23,36)27(42)15-31(22,33)4/h6-11,13,18,22-23,25,27,42H,5,12,14-17H2,1-4H3/t18-,22+,23+,25+,27+,30+,31+,32+,33+/m1/s1. The molecule has 0 spiro atoms. The lowest BCUT2D eigenvalue weighted by molar-refractivity contribution is -0.229. The van der Waals surface area contributed by atoms with Crippen LogP contribution in [-0.4, -0.2) is 70.3 Å². The van der Waals surface area contributed by atoms with E-state index in [0.717, 1.165) is 36.4 Å². The van der Waals surface area contributed by atoms with Crippen LogP contribution in [-0.2, 0) is 30.0 Å². The van der Waals surface area contributed by atoms with Crippen LogP contribution in [0.2, 0.25) is 0 Å². The van der Waals surface area contributed by atoms with Crippen molar-refractivity contribution in [1.29, 1.82) is 0 Å². The van der Waals surface area contributed by atoms with E-state index < -0.39 is 98.9 Å². The highest BCUT2D eigenvalue weighted by Crippen LogP contribution is 2.72. The molecule has 9 atom stereocenters. The summed E-state index contributed by atoms with van der Waals surface area (Å²) >= 11 is 0.521. The van der Waals surface area contributed by atoms with Crippen molar-refractivity contribution in [1.82, 2.24) is 0 Å². The SMILES string of the molecule is CCOCC(=O)O[C@]1(C(=O)SCC(=O)c2ccc(C(F)(F)F)cc2)[C@H](C)C[C@H]2[C@@H]3C[C@H](F)C4=CC(=O)C=C[C@]4(C)[C@@]3(F)[C@@H](O)C[C@@]21C. The van der Waals surface area contributed by atoms with Gasteiger partial charge in [-0.25, -0.2) is 13.6 Å². The van der Waals surface area contributed by atoms with Crippen LogP contribution >= 0.6 is 11.8 Å². The molecular formula is C34H37F5O7S. The number of Topliss-reactive ketones (excluding diaryl/α,β-unsaturated/α-hetero) is 1. The summed E-state index contributed by atoms with van der Waals surface area (Å²) in [6.07, 6.45) is -5.17. The van der Waals surface area contributed by atoms with Gasteiger partial charge in [0.1, 0.15) is 12.8 Å². The number of aliphatic hydroxyl groups is 1. The molecular weight excluding hydrogens is 647 g/mol. The summed E-state index contributed by atoms with van der Waals surface area (Å²) < 4.78 is 83.8. The summed E-state index contributed by atoms with van der Waals surface area (Å²) in [4.78, 5) is 52.6. The van der Waals surface area contributed by atoms with Crippen LogP contribution in [0, 0.1) is 28.6 Å². The maximum Gasteiger partial charge on any atom is 0.416 e. The van der Waals surface area contributed by atoms with Gasteiger partial charge in [-0.2, -0.15) is 13.2 Å². The molecule has 1 aromatic carbocycles. The van der Waals surface area contributed by atoms with Crippen LogP contribution in [0.4, 0.5) is 22.0 Å². The maximum atomic E-state index is 17.6. The Morgan fingerprint density at radius 3 is 2.36 bits per heavy atom. The van der Waals surface area contributed by atoms with Crippen molar-refractivity contribution in [3.63, 3.8) is 0 Å². The van der Waals surface area contributed by atoms with Crippen molar-refractivity contribution in [2.24, 2.45) is 28.6 Å². The molecule has 0 unspecified atom stereocenters. The maximum absolute atomic E-state index is 17.6. The Balaban J connectivity index is 1.50. The van der Waals surface area contributed by atoms with Gasteiger partial charge in [0.15, 0.2) is 22.8 Å². The summed E-state index contributed by atoms with van der Waals surface area (Å²) in [5, 5.41) is 10.9. The van der Waals surface area contributed by atoms with Crippen molar-refractivity contribution >= 4 is 34.4 Å². The van der Waals surface area contributed by atoms with Gasteiger partial charge in [0.2, 0.25) is 5.12 Å². The van der Waals surface area contributed by atoms with Gasteiger partial charge in [-0.3, -0.25) is 14.4 Å². The molecule has 3 saturated carbocycles. The van der Waals surface area contributed by atoms with Crippen LogP contribution in [0.1, 0.15) is 62.9 Å². The van der Waals surface area contributed by atoms with Crippen molar-refractivity contribution in [2.75, 3.05) is 19.0 Å². The molecule has 7 nitrogen and oxygen atoms in total. The Kier molecular flexibility index (Phi) is 9.20. The van der Waals surface area contributed by atoms with Crippen LogP contribution in [0.3, 0.4) is 0 Å². The second kappa shape index (κ2) is 12.2. The number of carbonyl (C=O) groups excluding carboxylic acids is 4. The lowest BCUT2D eigenvalue weighted by atomic mass is 9.44. The number of fused-ring (bicyclic) bond motifs is 5. The number of ether oxygens (including phenoxy) is 2. The first-order valence-corrected chi connectivity index (χ1v) is 16.5. The number of benzene rings is 1. The fraction of sp³-hybridized carbons (Fsp3) is 0.588. The Labute approximate surface area is 273 Å². The third-order valence-corrected chi connectivity index (χ3v) is 12.0. The monoisotopic (exact) mass is 684 g/mol. The highest BCUT2D eigenvalue weighted by Gasteiger charge is 2.78. The number of halogens is 5. The molecule has 0 amide bonds. The van der Waals surface area contributed by atoms with E-state index in [1.165, 1.54) is 13.0 Å². The number of aliphatic hydroxyl groups excluding tert-OH is 1. The zero-order valence-electron chi connectivity index (χ0n) is 26.4. The number of thioether (sulfide) groups is 1. The smallest absolute Gasteiger partial charge is 0.416 e. The highest BCUT2D eigenvalue weighted by atomic mass is 32.2. The lowest BCUT2D eigenvalue weighted by Gasteiger charge is -2.63. The molecule has 5 rings (SSSR count). The van der Waals surface area contributed by atoms with E-state index in [4.69, 9.17) is 9.47 Å². The number of alkyl halides is 5. The van der Waals surface area contributed by atoms with Crippen LogP contribution in [0.5, 0.6) is 0 Å². The molecule has 0 aromatic heterocycles. The van der Waals surface area contributed by atoms with E-state index in [0.29, 0.717) is 11.8 Å². The molecule has 256 valence electrons. The van der Waals surface area contributed by atoms with Crippen LogP contribution < -0.4 is 0 Å². The normalized spacial score (nSPS) is 37.8.